The van der Waals surface area contributed by atoms with Crippen LogP contribution in [0.5, 0.6) is 5.75 Å². The molecule has 4 heterocycles. The lowest BCUT2D eigenvalue weighted by Gasteiger charge is -2.44. The summed E-state index contributed by atoms with van der Waals surface area (Å²) in [7, 11) is 2.03. The molecule has 34 heavy (non-hydrogen) atoms. The monoisotopic (exact) mass is 468 g/mol. The van der Waals surface area contributed by atoms with Gasteiger partial charge in [0.1, 0.15) is 29.7 Å². The second-order valence-corrected chi connectivity index (χ2v) is 10.3. The summed E-state index contributed by atoms with van der Waals surface area (Å²) in [5.74, 6) is 1.44. The van der Waals surface area contributed by atoms with E-state index in [-0.39, 0.29) is 30.0 Å². The van der Waals surface area contributed by atoms with Gasteiger partial charge < -0.3 is 24.3 Å². The Morgan fingerprint density at radius 1 is 1.38 bits per heavy atom. The zero-order chi connectivity index (χ0) is 24.1. The summed E-state index contributed by atoms with van der Waals surface area (Å²) in [6.45, 7) is 10.1. The number of aromatic nitrogens is 2. The van der Waals surface area contributed by atoms with Gasteiger partial charge in [-0.05, 0) is 45.4 Å². The number of carbonyl (C=O) groups is 1. The maximum atomic E-state index is 15.1. The van der Waals surface area contributed by atoms with Gasteiger partial charge in [-0.25, -0.2) is 14.2 Å². The van der Waals surface area contributed by atoms with Gasteiger partial charge in [0.25, 0.3) is 0 Å². The van der Waals surface area contributed by atoms with Crippen LogP contribution in [0.15, 0.2) is 30.9 Å². The van der Waals surface area contributed by atoms with Gasteiger partial charge in [-0.1, -0.05) is 18.7 Å². The Bertz CT molecular complexity index is 1120. The van der Waals surface area contributed by atoms with Crippen LogP contribution in [0.25, 0.3) is 11.3 Å². The van der Waals surface area contributed by atoms with Crippen LogP contribution in [0.4, 0.5) is 9.18 Å². The molecule has 1 spiro atoms. The van der Waals surface area contributed by atoms with Gasteiger partial charge >= 0.3 is 6.09 Å². The van der Waals surface area contributed by atoms with E-state index in [1.165, 1.54) is 6.07 Å². The van der Waals surface area contributed by atoms with Crippen molar-refractivity contribution in [3.8, 4) is 17.0 Å². The topological polar surface area (TPSA) is 68.6 Å². The minimum Gasteiger partial charge on any atom is -0.480 e. The first-order chi connectivity index (χ1) is 16.2. The molecule has 1 aromatic carbocycles. The molecule has 2 fully saturated rings. The van der Waals surface area contributed by atoms with E-state index in [1.54, 1.807) is 17.0 Å². The van der Waals surface area contributed by atoms with Gasteiger partial charge in [0.05, 0.1) is 11.3 Å². The molecule has 182 valence electrons. The second kappa shape index (κ2) is 8.41. The van der Waals surface area contributed by atoms with Crippen LogP contribution >= 0.6 is 0 Å². The first-order valence-electron chi connectivity index (χ1n) is 12.1. The van der Waals surface area contributed by atoms with E-state index in [2.05, 4.69) is 30.3 Å². The number of fused-ring (bicyclic) bond motifs is 4. The Hall–Kier alpha value is -2.87. The van der Waals surface area contributed by atoms with Gasteiger partial charge in [0.15, 0.2) is 5.60 Å². The fourth-order valence-corrected chi connectivity index (χ4v) is 5.86. The van der Waals surface area contributed by atoms with Crippen LogP contribution in [0.1, 0.15) is 57.0 Å². The molecule has 3 aliphatic heterocycles. The van der Waals surface area contributed by atoms with Crippen LogP contribution in [-0.2, 0) is 17.4 Å². The first kappa shape index (κ1) is 22.9. The summed E-state index contributed by atoms with van der Waals surface area (Å²) in [6, 6.07) is 4.95. The molecule has 5 rings (SSSR count). The van der Waals surface area contributed by atoms with E-state index >= 15 is 4.39 Å². The van der Waals surface area contributed by atoms with Crippen LogP contribution in [0, 0.1) is 5.82 Å². The van der Waals surface area contributed by atoms with Gasteiger partial charge in [0.2, 0.25) is 0 Å². The van der Waals surface area contributed by atoms with Crippen molar-refractivity contribution in [1.29, 1.82) is 0 Å². The van der Waals surface area contributed by atoms with Crippen molar-refractivity contribution in [2.24, 2.45) is 7.05 Å². The number of rotatable bonds is 3. The van der Waals surface area contributed by atoms with Crippen molar-refractivity contribution < 1.29 is 18.7 Å². The average molecular weight is 469 g/mol. The van der Waals surface area contributed by atoms with Crippen molar-refractivity contribution in [2.45, 2.75) is 56.6 Å². The third-order valence-electron chi connectivity index (χ3n) is 7.45. The van der Waals surface area contributed by atoms with E-state index in [4.69, 9.17) is 14.5 Å². The van der Waals surface area contributed by atoms with Crippen LogP contribution in [0.2, 0.25) is 0 Å². The number of piperidine rings is 2. The highest BCUT2D eigenvalue weighted by atomic mass is 19.1. The molecule has 0 bridgehead atoms. The number of halogens is 1. The van der Waals surface area contributed by atoms with Crippen molar-refractivity contribution in [3.63, 3.8) is 0 Å². The number of nitrogens with one attached hydrogen (secondary N) is 1. The SMILES string of the molecule is C=CCOC(=O)N1CCC2(CC1)Oc1cccc(F)c1-c1nc([C@@H]3CCNC(C)(C)C3)n(C)c12. The van der Waals surface area contributed by atoms with Gasteiger partial charge in [-0.3, -0.25) is 0 Å². The zero-order valence-electron chi connectivity index (χ0n) is 20.2. The molecule has 2 saturated heterocycles. The zero-order valence-corrected chi connectivity index (χ0v) is 20.2. The van der Waals surface area contributed by atoms with Gasteiger partial charge in [-0.2, -0.15) is 0 Å². The summed E-state index contributed by atoms with van der Waals surface area (Å²) in [5.41, 5.74) is 1.37. The largest absolute Gasteiger partial charge is 0.480 e. The number of likely N-dealkylation sites (tertiary alicyclic amines) is 1. The second-order valence-electron chi connectivity index (χ2n) is 10.3. The van der Waals surface area contributed by atoms with Crippen LogP contribution in [-0.4, -0.2) is 52.3 Å². The lowest BCUT2D eigenvalue weighted by Crippen LogP contribution is -2.50. The van der Waals surface area contributed by atoms with Crippen molar-refractivity contribution >= 4 is 6.09 Å². The highest BCUT2D eigenvalue weighted by Gasteiger charge is 2.49. The molecule has 1 atom stereocenters. The Kier molecular flexibility index (Phi) is 5.67. The summed E-state index contributed by atoms with van der Waals surface area (Å²) < 4.78 is 29.0. The first-order valence-corrected chi connectivity index (χ1v) is 12.1. The number of carbonyl (C=O) groups excluding carboxylic acids is 1. The minimum absolute atomic E-state index is 0.0177. The normalized spacial score (nSPS) is 22.5. The number of hydrogen-bond acceptors (Lipinski definition) is 5. The summed E-state index contributed by atoms with van der Waals surface area (Å²) in [5, 5.41) is 3.57. The Morgan fingerprint density at radius 2 is 2.15 bits per heavy atom. The van der Waals surface area contributed by atoms with E-state index in [9.17, 15) is 4.79 Å². The molecule has 1 N–H and O–H groups in total. The van der Waals surface area contributed by atoms with Crippen molar-refractivity contribution in [1.82, 2.24) is 19.8 Å². The standard InChI is InChI=1S/C26H33FN4O3/c1-5-15-33-24(32)31-13-10-26(11-14-31)22-21(20-18(27)7-6-8-19(20)34-26)29-23(30(22)4)17-9-12-28-25(2,3)16-17/h5-8,17,28H,1,9-16H2,2-4H3/t17-/m1/s1. The molecule has 8 heteroatoms. The van der Waals surface area contributed by atoms with E-state index in [0.29, 0.717) is 42.9 Å². The molecule has 7 nitrogen and oxygen atoms in total. The van der Waals surface area contributed by atoms with Gasteiger partial charge in [0, 0.05) is 44.4 Å². The molecule has 0 saturated carbocycles. The number of benzene rings is 1. The number of imidazole rings is 1. The van der Waals surface area contributed by atoms with Crippen LogP contribution < -0.4 is 10.1 Å². The summed E-state index contributed by atoms with van der Waals surface area (Å²) in [4.78, 5) is 19.2. The predicted molar refractivity (Wildman–Crippen MR) is 127 cm³/mol. The maximum absolute atomic E-state index is 15.1. The third-order valence-corrected chi connectivity index (χ3v) is 7.45. The van der Waals surface area contributed by atoms with E-state index < -0.39 is 5.60 Å². The molecule has 3 aliphatic rings. The fourth-order valence-electron chi connectivity index (χ4n) is 5.86. The van der Waals surface area contributed by atoms with E-state index in [0.717, 1.165) is 30.9 Å². The van der Waals surface area contributed by atoms with Crippen LogP contribution in [0.3, 0.4) is 0 Å². The summed E-state index contributed by atoms with van der Waals surface area (Å²) in [6.07, 6.45) is 4.31. The molecule has 2 aromatic rings. The molecule has 1 amide bonds. The van der Waals surface area contributed by atoms with Crippen molar-refractivity contribution in [2.75, 3.05) is 26.2 Å². The average Bonchev–Trinajstić information content (AvgIpc) is 3.15. The smallest absolute Gasteiger partial charge is 0.410 e. The van der Waals surface area contributed by atoms with Crippen molar-refractivity contribution in [3.05, 3.63) is 48.2 Å². The quantitative estimate of drug-likeness (QED) is 0.673. The Morgan fingerprint density at radius 3 is 2.85 bits per heavy atom. The number of hydrogen-bond donors (Lipinski definition) is 1. The number of nitrogens with zero attached hydrogens (tertiary/aromatic N) is 3. The highest BCUT2D eigenvalue weighted by Crippen LogP contribution is 2.51. The maximum Gasteiger partial charge on any atom is 0.410 e. The molecule has 0 unspecified atom stereocenters. The Balaban J connectivity index is 1.54. The molecule has 0 radical (unpaired) electrons. The predicted octanol–water partition coefficient (Wildman–Crippen LogP) is 4.48. The number of amides is 1. The lowest BCUT2D eigenvalue weighted by molar-refractivity contribution is -0.00990. The molecule has 0 aliphatic carbocycles. The minimum atomic E-state index is -0.673. The highest BCUT2D eigenvalue weighted by molar-refractivity contribution is 5.74. The fraction of sp³-hybridized carbons (Fsp3) is 0.538. The Labute approximate surface area is 199 Å². The molecular weight excluding hydrogens is 435 g/mol. The third kappa shape index (κ3) is 3.78. The van der Waals surface area contributed by atoms with Gasteiger partial charge in [-0.15, -0.1) is 0 Å². The molecular formula is C26H33FN4O3. The summed E-state index contributed by atoms with van der Waals surface area (Å²) >= 11 is 0. The number of ether oxygens (including phenoxy) is 2. The molecule has 1 aromatic heterocycles. The lowest BCUT2D eigenvalue weighted by atomic mass is 9.83. The van der Waals surface area contributed by atoms with E-state index in [1.807, 2.05) is 13.1 Å².